The number of rotatable bonds is 5. The normalized spacial score (nSPS) is 17.0. The Bertz CT molecular complexity index is 766. The van der Waals surface area contributed by atoms with Crippen molar-refractivity contribution in [3.8, 4) is 11.5 Å². The number of benzene rings is 2. The molecule has 0 radical (unpaired) electrons. The Hall–Kier alpha value is -2.24. The van der Waals surface area contributed by atoms with Gasteiger partial charge < -0.3 is 19.1 Å². The van der Waals surface area contributed by atoms with E-state index in [0.717, 1.165) is 6.42 Å². The number of hydrogen-bond donors (Lipinski definition) is 0. The second-order valence-electron chi connectivity index (χ2n) is 6.12. The molecule has 1 heterocycles. The Morgan fingerprint density at radius 2 is 1.88 bits per heavy atom. The molecule has 0 saturated carbocycles. The smallest absolute Gasteiger partial charge is 0.255 e. The van der Waals surface area contributed by atoms with E-state index in [1.165, 1.54) is 19.8 Å². The minimum absolute atomic E-state index is 0.0333. The first kappa shape index (κ1) is 18.5. The number of hydrogen-bond acceptors (Lipinski definition) is 4. The molecule has 1 saturated heterocycles. The molecule has 3 rings (SSSR count). The van der Waals surface area contributed by atoms with Gasteiger partial charge in [-0.05, 0) is 11.6 Å². The number of methoxy groups -OCH3 is 2. The summed E-state index contributed by atoms with van der Waals surface area (Å²) in [5.74, 6) is 0.852. The number of carbonyl (C=O) groups excluding carboxylic acids is 1. The molecule has 1 aliphatic heterocycles. The van der Waals surface area contributed by atoms with Crippen molar-refractivity contribution in [3.05, 3.63) is 58.6 Å². The molecule has 0 aliphatic carbocycles. The zero-order chi connectivity index (χ0) is 18.5. The van der Waals surface area contributed by atoms with Crippen LogP contribution in [0, 0.1) is 0 Å². The lowest BCUT2D eigenvalue weighted by Gasteiger charge is -2.33. The van der Waals surface area contributed by atoms with Gasteiger partial charge in [0.25, 0.3) is 5.91 Å². The number of carbonyl (C=O) groups is 1. The first-order valence-electron chi connectivity index (χ1n) is 8.48. The van der Waals surface area contributed by atoms with Gasteiger partial charge in [-0.2, -0.15) is 0 Å². The van der Waals surface area contributed by atoms with Gasteiger partial charge in [0.2, 0.25) is 0 Å². The van der Waals surface area contributed by atoms with Crippen LogP contribution in [0.4, 0.5) is 0 Å². The number of amides is 1. The zero-order valence-corrected chi connectivity index (χ0v) is 15.7. The highest BCUT2D eigenvalue weighted by Crippen LogP contribution is 2.33. The van der Waals surface area contributed by atoms with Gasteiger partial charge in [0.05, 0.1) is 37.5 Å². The molecule has 1 amide bonds. The minimum Gasteiger partial charge on any atom is -0.493 e. The highest BCUT2D eigenvalue weighted by molar-refractivity contribution is 6.34. The monoisotopic (exact) mass is 375 g/mol. The van der Waals surface area contributed by atoms with Crippen LogP contribution in [0.15, 0.2) is 42.5 Å². The average Bonchev–Trinajstić information content (AvgIpc) is 2.68. The number of morpholine rings is 1. The fourth-order valence-electron chi connectivity index (χ4n) is 3.09. The van der Waals surface area contributed by atoms with Crippen LogP contribution in [-0.2, 0) is 11.2 Å². The van der Waals surface area contributed by atoms with Crippen LogP contribution in [-0.4, -0.2) is 50.8 Å². The van der Waals surface area contributed by atoms with Crippen molar-refractivity contribution < 1.29 is 19.0 Å². The molecular weight excluding hydrogens is 354 g/mol. The highest BCUT2D eigenvalue weighted by Gasteiger charge is 2.27. The predicted octanol–water partition coefficient (Wildman–Crippen LogP) is 3.44. The number of nitrogens with zero attached hydrogens (tertiary/aromatic N) is 1. The molecule has 1 unspecified atom stereocenters. The summed E-state index contributed by atoms with van der Waals surface area (Å²) in [5.41, 5.74) is 1.60. The molecule has 1 aliphatic rings. The van der Waals surface area contributed by atoms with Gasteiger partial charge in [-0.1, -0.05) is 41.9 Å². The van der Waals surface area contributed by atoms with E-state index in [0.29, 0.717) is 41.8 Å². The third-order valence-corrected chi connectivity index (χ3v) is 4.75. The maximum Gasteiger partial charge on any atom is 0.255 e. The molecule has 5 nitrogen and oxygen atoms in total. The third kappa shape index (κ3) is 4.11. The van der Waals surface area contributed by atoms with E-state index in [4.69, 9.17) is 25.8 Å². The van der Waals surface area contributed by atoms with Crippen molar-refractivity contribution in [1.82, 2.24) is 4.90 Å². The first-order valence-corrected chi connectivity index (χ1v) is 8.86. The van der Waals surface area contributed by atoms with E-state index in [2.05, 4.69) is 12.1 Å². The number of halogens is 1. The van der Waals surface area contributed by atoms with Gasteiger partial charge in [0.1, 0.15) is 0 Å². The summed E-state index contributed by atoms with van der Waals surface area (Å²) in [5, 5.41) is 0.346. The lowest BCUT2D eigenvalue weighted by Crippen LogP contribution is -2.46. The summed E-state index contributed by atoms with van der Waals surface area (Å²) in [6.07, 6.45) is 0.735. The average molecular weight is 376 g/mol. The summed E-state index contributed by atoms with van der Waals surface area (Å²) in [6, 6.07) is 13.4. The lowest BCUT2D eigenvalue weighted by molar-refractivity contribution is -0.0208. The van der Waals surface area contributed by atoms with Crippen LogP contribution in [0.3, 0.4) is 0 Å². The molecule has 0 spiro atoms. The van der Waals surface area contributed by atoms with Crippen molar-refractivity contribution in [1.29, 1.82) is 0 Å². The standard InChI is InChI=1S/C20H22ClNO4/c1-24-18-11-16(17(21)12-19(18)25-2)20(23)22-8-9-26-15(13-22)10-14-6-4-3-5-7-14/h3-7,11-12,15H,8-10,13H2,1-2H3. The van der Waals surface area contributed by atoms with Gasteiger partial charge in [-0.15, -0.1) is 0 Å². The largest absolute Gasteiger partial charge is 0.493 e. The Balaban J connectivity index is 1.75. The van der Waals surface area contributed by atoms with Crippen molar-refractivity contribution >= 4 is 17.5 Å². The summed E-state index contributed by atoms with van der Waals surface area (Å²) in [7, 11) is 3.07. The van der Waals surface area contributed by atoms with Gasteiger partial charge in [0.15, 0.2) is 11.5 Å². The molecule has 138 valence electrons. The lowest BCUT2D eigenvalue weighted by atomic mass is 10.1. The van der Waals surface area contributed by atoms with Gasteiger partial charge >= 0.3 is 0 Å². The fraction of sp³-hybridized carbons (Fsp3) is 0.350. The predicted molar refractivity (Wildman–Crippen MR) is 100 cm³/mol. The molecule has 1 atom stereocenters. The van der Waals surface area contributed by atoms with E-state index >= 15 is 0 Å². The molecule has 26 heavy (non-hydrogen) atoms. The molecule has 0 aromatic heterocycles. The van der Waals surface area contributed by atoms with Crippen LogP contribution < -0.4 is 9.47 Å². The Morgan fingerprint density at radius 1 is 1.19 bits per heavy atom. The third-order valence-electron chi connectivity index (χ3n) is 4.44. The SMILES string of the molecule is COc1cc(Cl)c(C(=O)N2CCOC(Cc3ccccc3)C2)cc1OC. The van der Waals surface area contributed by atoms with Crippen LogP contribution >= 0.6 is 11.6 Å². The molecule has 2 aromatic rings. The minimum atomic E-state index is -0.127. The summed E-state index contributed by atoms with van der Waals surface area (Å²) < 4.78 is 16.4. The van der Waals surface area contributed by atoms with Crippen molar-refractivity contribution in [2.24, 2.45) is 0 Å². The van der Waals surface area contributed by atoms with Crippen molar-refractivity contribution in [2.45, 2.75) is 12.5 Å². The van der Waals surface area contributed by atoms with E-state index < -0.39 is 0 Å². The second kappa shape index (κ2) is 8.43. The van der Waals surface area contributed by atoms with Gasteiger partial charge in [0, 0.05) is 25.6 Å². The van der Waals surface area contributed by atoms with Crippen LogP contribution in [0.2, 0.25) is 5.02 Å². The Kier molecular flexibility index (Phi) is 6.01. The zero-order valence-electron chi connectivity index (χ0n) is 14.9. The summed E-state index contributed by atoms with van der Waals surface area (Å²) >= 11 is 6.30. The topological polar surface area (TPSA) is 48.0 Å². The second-order valence-corrected chi connectivity index (χ2v) is 6.53. The summed E-state index contributed by atoms with van der Waals surface area (Å²) in [4.78, 5) is 14.8. The maximum absolute atomic E-state index is 13.0. The molecule has 2 aromatic carbocycles. The quantitative estimate of drug-likeness (QED) is 0.803. The van der Waals surface area contributed by atoms with E-state index in [9.17, 15) is 4.79 Å². The molecule has 0 bridgehead atoms. The number of ether oxygens (including phenoxy) is 3. The van der Waals surface area contributed by atoms with E-state index in [-0.39, 0.29) is 12.0 Å². The molecule has 1 fully saturated rings. The maximum atomic E-state index is 13.0. The van der Waals surface area contributed by atoms with Crippen LogP contribution in [0.25, 0.3) is 0 Å². The summed E-state index contributed by atoms with van der Waals surface area (Å²) in [6.45, 7) is 1.57. The van der Waals surface area contributed by atoms with E-state index in [1.54, 1.807) is 17.0 Å². The highest BCUT2D eigenvalue weighted by atomic mass is 35.5. The first-order chi connectivity index (χ1) is 12.6. The Labute approximate surface area is 158 Å². The Morgan fingerprint density at radius 3 is 2.58 bits per heavy atom. The van der Waals surface area contributed by atoms with E-state index in [1.807, 2.05) is 18.2 Å². The molecular formula is C20H22ClNO4. The molecule has 6 heteroatoms. The molecule has 0 N–H and O–H groups in total. The van der Waals surface area contributed by atoms with Crippen molar-refractivity contribution in [3.63, 3.8) is 0 Å². The van der Waals surface area contributed by atoms with Gasteiger partial charge in [-0.3, -0.25) is 4.79 Å². The fourth-order valence-corrected chi connectivity index (χ4v) is 3.33. The van der Waals surface area contributed by atoms with Crippen LogP contribution in [0.5, 0.6) is 11.5 Å². The van der Waals surface area contributed by atoms with Gasteiger partial charge in [-0.25, -0.2) is 0 Å². The van der Waals surface area contributed by atoms with Crippen molar-refractivity contribution in [2.75, 3.05) is 33.9 Å². The van der Waals surface area contributed by atoms with Crippen LogP contribution in [0.1, 0.15) is 15.9 Å².